The minimum absolute atomic E-state index is 0.397. The normalized spacial score (nSPS) is 10.9. The SMILES string of the molecule is CCC[C@@H](NC(=O)C#Cc1ccccc1)C(=O)O. The number of carbonyl (C=O) groups is 2. The first-order chi connectivity index (χ1) is 8.63. The van der Waals surface area contributed by atoms with E-state index in [-0.39, 0.29) is 0 Å². The lowest BCUT2D eigenvalue weighted by Gasteiger charge is -2.10. The largest absolute Gasteiger partial charge is 0.480 e. The fourth-order valence-electron chi connectivity index (χ4n) is 1.39. The Kier molecular flexibility index (Phi) is 5.46. The average Bonchev–Trinajstić information content (AvgIpc) is 2.37. The Hall–Kier alpha value is -2.28. The summed E-state index contributed by atoms with van der Waals surface area (Å²) in [7, 11) is 0. The third-order valence-electron chi connectivity index (χ3n) is 2.27. The number of carbonyl (C=O) groups excluding carboxylic acids is 1. The van der Waals surface area contributed by atoms with Gasteiger partial charge in [0, 0.05) is 11.5 Å². The Bertz CT molecular complexity index is 471. The third-order valence-corrected chi connectivity index (χ3v) is 2.27. The molecule has 4 nitrogen and oxygen atoms in total. The molecule has 1 amide bonds. The van der Waals surface area contributed by atoms with E-state index < -0.39 is 17.9 Å². The molecule has 0 radical (unpaired) electrons. The third kappa shape index (κ3) is 4.71. The number of hydrogen-bond acceptors (Lipinski definition) is 2. The van der Waals surface area contributed by atoms with E-state index in [4.69, 9.17) is 5.11 Å². The zero-order chi connectivity index (χ0) is 13.4. The number of aliphatic carboxylic acids is 1. The highest BCUT2D eigenvalue weighted by atomic mass is 16.4. The average molecular weight is 245 g/mol. The minimum atomic E-state index is -1.04. The first-order valence-corrected chi connectivity index (χ1v) is 5.74. The van der Waals surface area contributed by atoms with Crippen LogP contribution in [0.15, 0.2) is 30.3 Å². The first-order valence-electron chi connectivity index (χ1n) is 5.74. The first kappa shape index (κ1) is 13.8. The van der Waals surface area contributed by atoms with E-state index in [1.165, 1.54) is 0 Å². The molecule has 4 heteroatoms. The molecule has 18 heavy (non-hydrogen) atoms. The van der Waals surface area contributed by atoms with Crippen LogP contribution in [0.4, 0.5) is 0 Å². The molecule has 0 unspecified atom stereocenters. The number of hydrogen-bond donors (Lipinski definition) is 2. The Morgan fingerprint density at radius 1 is 1.33 bits per heavy atom. The van der Waals surface area contributed by atoms with Gasteiger partial charge in [0.25, 0.3) is 5.91 Å². The van der Waals surface area contributed by atoms with Gasteiger partial charge in [0.2, 0.25) is 0 Å². The van der Waals surface area contributed by atoms with Crippen LogP contribution >= 0.6 is 0 Å². The number of amides is 1. The van der Waals surface area contributed by atoms with Crippen LogP contribution in [0.2, 0.25) is 0 Å². The molecule has 2 N–H and O–H groups in total. The number of nitrogens with one attached hydrogen (secondary N) is 1. The van der Waals surface area contributed by atoms with Crippen molar-refractivity contribution in [1.82, 2.24) is 5.32 Å². The van der Waals surface area contributed by atoms with Crippen molar-refractivity contribution in [3.63, 3.8) is 0 Å². The van der Waals surface area contributed by atoms with Crippen LogP contribution in [-0.2, 0) is 9.59 Å². The van der Waals surface area contributed by atoms with E-state index in [9.17, 15) is 9.59 Å². The Balaban J connectivity index is 2.61. The maximum atomic E-state index is 11.5. The van der Waals surface area contributed by atoms with E-state index in [0.29, 0.717) is 12.8 Å². The zero-order valence-electron chi connectivity index (χ0n) is 10.1. The monoisotopic (exact) mass is 245 g/mol. The van der Waals surface area contributed by atoms with Crippen molar-refractivity contribution < 1.29 is 14.7 Å². The summed E-state index contributed by atoms with van der Waals surface area (Å²) in [5, 5.41) is 11.3. The highest BCUT2D eigenvalue weighted by molar-refractivity contribution is 5.96. The molecule has 0 saturated carbocycles. The molecule has 0 heterocycles. The maximum Gasteiger partial charge on any atom is 0.326 e. The van der Waals surface area contributed by atoms with Crippen molar-refractivity contribution in [3.05, 3.63) is 35.9 Å². The predicted octanol–water partition coefficient (Wildman–Crippen LogP) is 1.41. The smallest absolute Gasteiger partial charge is 0.326 e. The van der Waals surface area contributed by atoms with E-state index in [1.807, 2.05) is 25.1 Å². The molecular weight excluding hydrogens is 230 g/mol. The molecule has 94 valence electrons. The second kappa shape index (κ2) is 7.13. The lowest BCUT2D eigenvalue weighted by Crippen LogP contribution is -2.40. The summed E-state index contributed by atoms with van der Waals surface area (Å²) in [6.45, 7) is 1.86. The van der Waals surface area contributed by atoms with Crippen LogP contribution in [0, 0.1) is 11.8 Å². The minimum Gasteiger partial charge on any atom is -0.480 e. The van der Waals surface area contributed by atoms with Gasteiger partial charge in [-0.2, -0.15) is 0 Å². The molecule has 0 saturated heterocycles. The van der Waals surface area contributed by atoms with Crippen LogP contribution in [0.3, 0.4) is 0 Å². The summed E-state index contributed by atoms with van der Waals surface area (Å²) >= 11 is 0. The van der Waals surface area contributed by atoms with Gasteiger partial charge in [-0.3, -0.25) is 4.79 Å². The van der Waals surface area contributed by atoms with Crippen LogP contribution in [0.5, 0.6) is 0 Å². The van der Waals surface area contributed by atoms with Crippen LogP contribution < -0.4 is 5.32 Å². The molecule has 1 aromatic carbocycles. The fourth-order valence-corrected chi connectivity index (χ4v) is 1.39. The summed E-state index contributed by atoms with van der Waals surface area (Å²) in [6.07, 6.45) is 1.08. The number of carboxylic acids is 1. The van der Waals surface area contributed by atoms with Crippen molar-refractivity contribution in [3.8, 4) is 11.8 Å². The number of carboxylic acid groups (broad SMARTS) is 1. The molecule has 1 rings (SSSR count). The molecule has 0 fully saturated rings. The maximum absolute atomic E-state index is 11.5. The Morgan fingerprint density at radius 2 is 2.00 bits per heavy atom. The number of rotatable bonds is 4. The summed E-state index contributed by atoms with van der Waals surface area (Å²) in [5.74, 6) is 3.45. The van der Waals surface area contributed by atoms with Crippen molar-refractivity contribution in [2.75, 3.05) is 0 Å². The van der Waals surface area contributed by atoms with Crippen LogP contribution in [0.1, 0.15) is 25.3 Å². The van der Waals surface area contributed by atoms with Gasteiger partial charge in [0.1, 0.15) is 6.04 Å². The van der Waals surface area contributed by atoms with E-state index in [1.54, 1.807) is 12.1 Å². The van der Waals surface area contributed by atoms with Gasteiger partial charge in [0.15, 0.2) is 0 Å². The van der Waals surface area contributed by atoms with Gasteiger partial charge in [0.05, 0.1) is 0 Å². The van der Waals surface area contributed by atoms with Gasteiger partial charge in [-0.05, 0) is 18.6 Å². The molecule has 0 aliphatic rings. The second-order valence-corrected chi connectivity index (χ2v) is 3.77. The highest BCUT2D eigenvalue weighted by Crippen LogP contribution is 1.97. The van der Waals surface area contributed by atoms with E-state index in [2.05, 4.69) is 17.2 Å². The standard InChI is InChI=1S/C14H15NO3/c1-2-6-12(14(17)18)15-13(16)10-9-11-7-4-3-5-8-11/h3-5,7-8,12H,2,6H2,1H3,(H,15,16)(H,17,18)/t12-/m1/s1. The van der Waals surface area contributed by atoms with Crippen LogP contribution in [0.25, 0.3) is 0 Å². The summed E-state index contributed by atoms with van der Waals surface area (Å²) in [6, 6.07) is 8.18. The topological polar surface area (TPSA) is 66.4 Å². The van der Waals surface area contributed by atoms with Crippen molar-refractivity contribution in [2.45, 2.75) is 25.8 Å². The zero-order valence-corrected chi connectivity index (χ0v) is 10.1. The highest BCUT2D eigenvalue weighted by Gasteiger charge is 2.17. The van der Waals surface area contributed by atoms with E-state index >= 15 is 0 Å². The molecule has 0 aliphatic heterocycles. The number of benzene rings is 1. The molecule has 1 atom stereocenters. The van der Waals surface area contributed by atoms with Crippen molar-refractivity contribution in [1.29, 1.82) is 0 Å². The van der Waals surface area contributed by atoms with Gasteiger partial charge in [-0.15, -0.1) is 0 Å². The lowest BCUT2D eigenvalue weighted by atomic mass is 10.1. The Labute approximate surface area is 106 Å². The predicted molar refractivity (Wildman–Crippen MR) is 67.8 cm³/mol. The molecule has 0 bridgehead atoms. The molecular formula is C14H15NO3. The lowest BCUT2D eigenvalue weighted by molar-refractivity contribution is -0.141. The molecule has 1 aromatic rings. The molecule has 0 aliphatic carbocycles. The quantitative estimate of drug-likeness (QED) is 0.788. The van der Waals surface area contributed by atoms with Gasteiger partial charge in [-0.25, -0.2) is 4.79 Å². The summed E-state index contributed by atoms with van der Waals surface area (Å²) < 4.78 is 0. The van der Waals surface area contributed by atoms with Crippen LogP contribution in [-0.4, -0.2) is 23.0 Å². The van der Waals surface area contributed by atoms with Gasteiger partial charge in [-0.1, -0.05) is 37.5 Å². The Morgan fingerprint density at radius 3 is 2.56 bits per heavy atom. The van der Waals surface area contributed by atoms with Crippen molar-refractivity contribution >= 4 is 11.9 Å². The molecule has 0 spiro atoms. The second-order valence-electron chi connectivity index (χ2n) is 3.77. The summed E-state index contributed by atoms with van der Waals surface area (Å²) in [4.78, 5) is 22.3. The van der Waals surface area contributed by atoms with Crippen molar-refractivity contribution in [2.24, 2.45) is 0 Å². The van der Waals surface area contributed by atoms with E-state index in [0.717, 1.165) is 5.56 Å². The molecule has 0 aromatic heterocycles. The van der Waals surface area contributed by atoms with Gasteiger partial charge >= 0.3 is 5.97 Å². The van der Waals surface area contributed by atoms with Gasteiger partial charge < -0.3 is 10.4 Å². The summed E-state index contributed by atoms with van der Waals surface area (Å²) in [5.41, 5.74) is 0.718. The fraction of sp³-hybridized carbons (Fsp3) is 0.286.